The van der Waals surface area contributed by atoms with Gasteiger partial charge in [0.25, 0.3) is 0 Å². The van der Waals surface area contributed by atoms with Crippen molar-refractivity contribution in [3.05, 3.63) is 50.8 Å². The summed E-state index contributed by atoms with van der Waals surface area (Å²) in [6, 6.07) is 7.76. The lowest BCUT2D eigenvalue weighted by molar-refractivity contribution is 0.197. The van der Waals surface area contributed by atoms with E-state index < -0.39 is 0 Å². The number of hydrogen-bond donors (Lipinski definition) is 1. The van der Waals surface area contributed by atoms with Crippen LogP contribution in [0.25, 0.3) is 0 Å². The van der Waals surface area contributed by atoms with Gasteiger partial charge in [-0.25, -0.2) is 0 Å². The molecule has 3 rings (SSSR count). The third kappa shape index (κ3) is 3.57. The van der Waals surface area contributed by atoms with E-state index in [1.807, 2.05) is 25.1 Å². The molecule has 1 aromatic heterocycles. The summed E-state index contributed by atoms with van der Waals surface area (Å²) in [4.78, 5) is 0. The Bertz CT molecular complexity index is 630. The monoisotopic (exact) mass is 391 g/mol. The predicted octanol–water partition coefficient (Wildman–Crippen LogP) is 5.04. The third-order valence-electron chi connectivity index (χ3n) is 3.37. The molecule has 1 unspecified atom stereocenters. The fourth-order valence-electron chi connectivity index (χ4n) is 2.43. The first-order chi connectivity index (χ1) is 9.65. The van der Waals surface area contributed by atoms with Crippen LogP contribution in [0, 0.1) is 6.92 Å². The van der Waals surface area contributed by atoms with Crippen LogP contribution in [0.2, 0.25) is 5.02 Å². The fourth-order valence-corrected chi connectivity index (χ4v) is 2.95. The van der Waals surface area contributed by atoms with Crippen LogP contribution >= 0.6 is 39.9 Å². The van der Waals surface area contributed by atoms with Crippen LogP contribution in [0.4, 0.5) is 0 Å². The van der Waals surface area contributed by atoms with Gasteiger partial charge in [-0.2, -0.15) is 0 Å². The topological polar surface area (TPSA) is 34.4 Å². The Labute approximate surface area is 143 Å². The average Bonchev–Trinajstić information content (AvgIpc) is 2.70. The van der Waals surface area contributed by atoms with Gasteiger partial charge in [0.05, 0.1) is 11.6 Å². The summed E-state index contributed by atoms with van der Waals surface area (Å²) in [7, 11) is 0. The number of halogens is 3. The molecular weight excluding hydrogens is 377 g/mol. The highest BCUT2D eigenvalue weighted by Gasteiger charge is 2.24. The van der Waals surface area contributed by atoms with Crippen LogP contribution in [0.5, 0.6) is 5.75 Å². The van der Waals surface area contributed by atoms with Gasteiger partial charge in [0.15, 0.2) is 0 Å². The molecule has 1 aliphatic heterocycles. The molecule has 6 heteroatoms. The lowest BCUT2D eigenvalue weighted by atomic mass is 10.1. The van der Waals surface area contributed by atoms with Gasteiger partial charge in [-0.05, 0) is 47.6 Å². The molecule has 0 spiro atoms. The summed E-state index contributed by atoms with van der Waals surface area (Å²) in [5, 5.41) is 3.95. The zero-order chi connectivity index (χ0) is 14.1. The molecule has 1 aromatic carbocycles. The standard InChI is InChI=1S/C15H15BrClNO2.ClH/c1-9-7-10-12(5-6-18-8-14(10)19-9)20-13-4-2-3-11(16)15(13)17;/h2-4,7,12,18H,5-6,8H2,1H3;1H. The highest BCUT2D eigenvalue weighted by molar-refractivity contribution is 9.10. The first-order valence-corrected chi connectivity index (χ1v) is 7.73. The van der Waals surface area contributed by atoms with E-state index in [2.05, 4.69) is 27.3 Å². The number of furan rings is 1. The molecule has 0 radical (unpaired) electrons. The normalized spacial score (nSPS) is 17.6. The van der Waals surface area contributed by atoms with Crippen molar-refractivity contribution in [3.63, 3.8) is 0 Å². The molecule has 0 fully saturated rings. The average molecular weight is 393 g/mol. The number of rotatable bonds is 2. The minimum atomic E-state index is -0.0377. The molecule has 0 aliphatic carbocycles. The minimum absolute atomic E-state index is 0. The second-order valence-corrected chi connectivity index (χ2v) is 6.09. The highest BCUT2D eigenvalue weighted by atomic mass is 79.9. The van der Waals surface area contributed by atoms with Crippen molar-refractivity contribution in [3.8, 4) is 5.75 Å². The maximum absolute atomic E-state index is 6.27. The van der Waals surface area contributed by atoms with Crippen molar-refractivity contribution in [2.75, 3.05) is 6.54 Å². The number of hydrogen-bond acceptors (Lipinski definition) is 3. The number of aryl methyl sites for hydroxylation is 1. The molecule has 0 bridgehead atoms. The molecule has 2 heterocycles. The zero-order valence-electron chi connectivity index (χ0n) is 11.5. The zero-order valence-corrected chi connectivity index (χ0v) is 14.6. The molecule has 1 atom stereocenters. The maximum Gasteiger partial charge on any atom is 0.139 e. The van der Waals surface area contributed by atoms with Crippen LogP contribution in [-0.2, 0) is 6.54 Å². The third-order valence-corrected chi connectivity index (χ3v) is 4.65. The van der Waals surface area contributed by atoms with Gasteiger partial charge in [-0.3, -0.25) is 0 Å². The first-order valence-electron chi connectivity index (χ1n) is 6.55. The van der Waals surface area contributed by atoms with Gasteiger partial charge in [-0.15, -0.1) is 12.4 Å². The Balaban J connectivity index is 0.00000161. The summed E-state index contributed by atoms with van der Waals surface area (Å²) in [6.45, 7) is 3.59. The fraction of sp³-hybridized carbons (Fsp3) is 0.333. The summed E-state index contributed by atoms with van der Waals surface area (Å²) >= 11 is 9.69. The number of benzene rings is 1. The lowest BCUT2D eigenvalue weighted by Gasteiger charge is -2.18. The molecule has 114 valence electrons. The Morgan fingerprint density at radius 1 is 1.43 bits per heavy atom. The van der Waals surface area contributed by atoms with Crippen LogP contribution in [0.1, 0.15) is 29.6 Å². The number of fused-ring (bicyclic) bond motifs is 1. The lowest BCUT2D eigenvalue weighted by Crippen LogP contribution is -2.14. The van der Waals surface area contributed by atoms with E-state index in [-0.39, 0.29) is 18.5 Å². The van der Waals surface area contributed by atoms with E-state index in [4.69, 9.17) is 20.8 Å². The number of ether oxygens (including phenoxy) is 1. The van der Waals surface area contributed by atoms with Gasteiger partial charge in [0.2, 0.25) is 0 Å². The summed E-state index contributed by atoms with van der Waals surface area (Å²) in [6.07, 6.45) is 0.846. The largest absolute Gasteiger partial charge is 0.484 e. The van der Waals surface area contributed by atoms with E-state index in [0.717, 1.165) is 41.1 Å². The molecular formula is C15H16BrCl2NO2. The predicted molar refractivity (Wildman–Crippen MR) is 89.5 cm³/mol. The van der Waals surface area contributed by atoms with Crippen LogP contribution in [0.15, 0.2) is 33.2 Å². The smallest absolute Gasteiger partial charge is 0.139 e. The van der Waals surface area contributed by atoms with Crippen LogP contribution in [-0.4, -0.2) is 6.54 Å². The van der Waals surface area contributed by atoms with Crippen LogP contribution in [0.3, 0.4) is 0 Å². The van der Waals surface area contributed by atoms with E-state index in [1.54, 1.807) is 0 Å². The Hall–Kier alpha value is -0.680. The second-order valence-electron chi connectivity index (χ2n) is 4.86. The van der Waals surface area contributed by atoms with Gasteiger partial charge in [0.1, 0.15) is 23.4 Å². The quantitative estimate of drug-likeness (QED) is 0.777. The Morgan fingerprint density at radius 3 is 3.05 bits per heavy atom. The van der Waals surface area contributed by atoms with Crippen molar-refractivity contribution >= 4 is 39.9 Å². The summed E-state index contributed by atoms with van der Waals surface area (Å²) in [5.41, 5.74) is 1.11. The molecule has 2 aromatic rings. The molecule has 21 heavy (non-hydrogen) atoms. The van der Waals surface area contributed by atoms with Gasteiger partial charge >= 0.3 is 0 Å². The molecule has 1 aliphatic rings. The maximum atomic E-state index is 6.27. The molecule has 1 N–H and O–H groups in total. The molecule has 0 amide bonds. The van der Waals surface area contributed by atoms with Crippen molar-refractivity contribution in [1.29, 1.82) is 0 Å². The molecule has 0 saturated heterocycles. The van der Waals surface area contributed by atoms with Gasteiger partial charge in [-0.1, -0.05) is 17.7 Å². The van der Waals surface area contributed by atoms with Gasteiger partial charge < -0.3 is 14.5 Å². The van der Waals surface area contributed by atoms with E-state index in [9.17, 15) is 0 Å². The van der Waals surface area contributed by atoms with Crippen molar-refractivity contribution in [2.24, 2.45) is 0 Å². The Morgan fingerprint density at radius 2 is 2.24 bits per heavy atom. The second kappa shape index (κ2) is 7.05. The van der Waals surface area contributed by atoms with Crippen molar-refractivity contribution in [1.82, 2.24) is 5.32 Å². The first kappa shape index (κ1) is 16.7. The van der Waals surface area contributed by atoms with Gasteiger partial charge in [0, 0.05) is 16.5 Å². The van der Waals surface area contributed by atoms with E-state index in [1.165, 1.54) is 0 Å². The minimum Gasteiger partial charge on any atom is -0.484 e. The highest BCUT2D eigenvalue weighted by Crippen LogP contribution is 2.37. The van der Waals surface area contributed by atoms with Crippen molar-refractivity contribution in [2.45, 2.75) is 26.0 Å². The van der Waals surface area contributed by atoms with Crippen molar-refractivity contribution < 1.29 is 9.15 Å². The van der Waals surface area contributed by atoms with E-state index >= 15 is 0 Å². The summed E-state index contributed by atoms with van der Waals surface area (Å²) in [5.74, 6) is 2.56. The SMILES string of the molecule is Cc1cc2c(o1)CNCCC2Oc1cccc(Br)c1Cl.Cl. The number of nitrogens with one attached hydrogen (secondary N) is 1. The summed E-state index contributed by atoms with van der Waals surface area (Å²) < 4.78 is 12.7. The van der Waals surface area contributed by atoms with E-state index in [0.29, 0.717) is 10.8 Å². The molecule has 3 nitrogen and oxygen atoms in total. The van der Waals surface area contributed by atoms with Crippen LogP contribution < -0.4 is 10.1 Å². The molecule has 0 saturated carbocycles. The Kier molecular flexibility index (Phi) is 5.60.